The van der Waals surface area contributed by atoms with Gasteiger partial charge in [0, 0.05) is 6.04 Å². The van der Waals surface area contributed by atoms with E-state index in [0.717, 1.165) is 24.9 Å². The van der Waals surface area contributed by atoms with Crippen LogP contribution in [0.2, 0.25) is 0 Å². The van der Waals surface area contributed by atoms with Crippen LogP contribution in [-0.4, -0.2) is 40.6 Å². The number of nitrogens with one attached hydrogen (secondary N) is 1. The van der Waals surface area contributed by atoms with Crippen LogP contribution in [0, 0.1) is 5.82 Å². The van der Waals surface area contributed by atoms with Crippen molar-refractivity contribution in [3.8, 4) is 0 Å². The highest BCUT2D eigenvalue weighted by Gasteiger charge is 2.32. The van der Waals surface area contributed by atoms with Crippen molar-refractivity contribution in [1.82, 2.24) is 10.2 Å². The number of hydrogen-bond acceptors (Lipinski definition) is 3. The Balaban J connectivity index is 1.95. The van der Waals surface area contributed by atoms with E-state index in [1.807, 2.05) is 13.8 Å². The van der Waals surface area contributed by atoms with Gasteiger partial charge in [-0.1, -0.05) is 12.1 Å². The Morgan fingerprint density at radius 1 is 1.35 bits per heavy atom. The third-order valence-corrected chi connectivity index (χ3v) is 4.64. The Labute approximate surface area is 137 Å². The van der Waals surface area contributed by atoms with Crippen LogP contribution in [0.15, 0.2) is 24.3 Å². The second-order valence-electron chi connectivity index (χ2n) is 6.58. The molecule has 0 spiro atoms. The highest BCUT2D eigenvalue weighted by atomic mass is 19.1. The number of rotatable bonds is 6. The number of aliphatic hydroxyl groups is 1. The van der Waals surface area contributed by atoms with Gasteiger partial charge in [-0.15, -0.1) is 0 Å². The molecule has 128 valence electrons. The zero-order valence-corrected chi connectivity index (χ0v) is 14.1. The summed E-state index contributed by atoms with van der Waals surface area (Å²) in [7, 11) is 0. The van der Waals surface area contributed by atoms with Crippen LogP contribution in [-0.2, 0) is 4.79 Å². The van der Waals surface area contributed by atoms with Crippen molar-refractivity contribution >= 4 is 5.91 Å². The number of hydrogen-bond donors (Lipinski definition) is 2. The molecule has 1 aromatic rings. The van der Waals surface area contributed by atoms with E-state index in [9.17, 15) is 14.3 Å². The fourth-order valence-corrected chi connectivity index (χ4v) is 3.33. The maximum atomic E-state index is 13.0. The molecule has 4 atom stereocenters. The fourth-order valence-electron chi connectivity index (χ4n) is 3.33. The molecular formula is C18H27FN2O2. The molecule has 1 aliphatic rings. The van der Waals surface area contributed by atoms with E-state index >= 15 is 0 Å². The lowest BCUT2D eigenvalue weighted by atomic mass is 10.1. The quantitative estimate of drug-likeness (QED) is 0.846. The number of halogens is 1. The zero-order valence-electron chi connectivity index (χ0n) is 14.1. The summed E-state index contributed by atoms with van der Waals surface area (Å²) in [6.07, 6.45) is 2.43. The summed E-state index contributed by atoms with van der Waals surface area (Å²) in [5.74, 6) is -0.307. The zero-order chi connectivity index (χ0) is 17.0. The first-order chi connectivity index (χ1) is 10.9. The summed E-state index contributed by atoms with van der Waals surface area (Å²) in [4.78, 5) is 14.7. The molecule has 0 aliphatic carbocycles. The highest BCUT2D eigenvalue weighted by molar-refractivity contribution is 5.81. The minimum absolute atomic E-state index is 0.0284. The van der Waals surface area contributed by atoms with E-state index in [2.05, 4.69) is 10.2 Å². The normalized spacial score (nSPS) is 22.6. The second kappa shape index (κ2) is 7.88. The Morgan fingerprint density at radius 3 is 2.61 bits per heavy atom. The lowest BCUT2D eigenvalue weighted by Gasteiger charge is -2.31. The van der Waals surface area contributed by atoms with Crippen LogP contribution in [0.5, 0.6) is 0 Å². The van der Waals surface area contributed by atoms with Crippen molar-refractivity contribution in [2.75, 3.05) is 6.54 Å². The third-order valence-electron chi connectivity index (χ3n) is 4.64. The van der Waals surface area contributed by atoms with Gasteiger partial charge in [0.2, 0.25) is 5.91 Å². The second-order valence-corrected chi connectivity index (χ2v) is 6.58. The van der Waals surface area contributed by atoms with Crippen molar-refractivity contribution in [3.63, 3.8) is 0 Å². The largest absolute Gasteiger partial charge is 0.393 e. The Kier molecular flexibility index (Phi) is 6.13. The smallest absolute Gasteiger partial charge is 0.237 e. The fraction of sp³-hybridized carbons (Fsp3) is 0.611. The molecule has 1 heterocycles. The van der Waals surface area contributed by atoms with Crippen LogP contribution in [0.4, 0.5) is 4.39 Å². The first-order valence-electron chi connectivity index (χ1n) is 8.38. The molecular weight excluding hydrogens is 295 g/mol. The molecule has 1 aromatic carbocycles. The standard InChI is InChI=1S/C18H27FN2O2/c1-12(22)11-17-5-4-10-21(17)14(3)18(23)20-13(2)15-6-8-16(19)9-7-15/h6-9,12-14,17,22H,4-5,10-11H2,1-3H3,(H,20,23). The molecule has 1 saturated heterocycles. The number of carbonyl (C=O) groups excluding carboxylic acids is 1. The molecule has 0 saturated carbocycles. The lowest BCUT2D eigenvalue weighted by molar-refractivity contribution is -0.127. The van der Waals surface area contributed by atoms with E-state index in [4.69, 9.17) is 0 Å². The number of amides is 1. The molecule has 2 rings (SSSR count). The molecule has 23 heavy (non-hydrogen) atoms. The predicted molar refractivity (Wildman–Crippen MR) is 88.4 cm³/mol. The summed E-state index contributed by atoms with van der Waals surface area (Å²) in [5, 5.41) is 12.6. The number of aliphatic hydroxyl groups excluding tert-OH is 1. The topological polar surface area (TPSA) is 52.6 Å². The van der Waals surface area contributed by atoms with Gasteiger partial charge in [0.05, 0.1) is 18.2 Å². The molecule has 5 heteroatoms. The molecule has 1 aliphatic heterocycles. The van der Waals surface area contributed by atoms with E-state index in [0.29, 0.717) is 6.42 Å². The minimum Gasteiger partial charge on any atom is -0.393 e. The van der Waals surface area contributed by atoms with Gasteiger partial charge >= 0.3 is 0 Å². The maximum absolute atomic E-state index is 13.0. The van der Waals surface area contributed by atoms with E-state index in [1.54, 1.807) is 19.1 Å². The average molecular weight is 322 g/mol. The lowest BCUT2D eigenvalue weighted by Crippen LogP contribution is -2.48. The van der Waals surface area contributed by atoms with Crippen molar-refractivity contribution in [2.24, 2.45) is 0 Å². The summed E-state index contributed by atoms with van der Waals surface area (Å²) < 4.78 is 13.0. The van der Waals surface area contributed by atoms with E-state index in [-0.39, 0.29) is 36.0 Å². The predicted octanol–water partition coefficient (Wildman–Crippen LogP) is 2.63. The van der Waals surface area contributed by atoms with Gasteiger partial charge in [-0.2, -0.15) is 0 Å². The third kappa shape index (κ3) is 4.75. The Morgan fingerprint density at radius 2 is 2.00 bits per heavy atom. The van der Waals surface area contributed by atoms with E-state index in [1.165, 1.54) is 12.1 Å². The molecule has 0 aromatic heterocycles. The number of benzene rings is 1. The van der Waals surface area contributed by atoms with Gasteiger partial charge in [0.15, 0.2) is 0 Å². The van der Waals surface area contributed by atoms with Crippen molar-refractivity contribution in [2.45, 2.75) is 64.3 Å². The van der Waals surface area contributed by atoms with Crippen LogP contribution in [0.3, 0.4) is 0 Å². The van der Waals surface area contributed by atoms with Gasteiger partial charge in [-0.05, 0) is 64.3 Å². The summed E-state index contributed by atoms with van der Waals surface area (Å²) >= 11 is 0. The SMILES string of the molecule is CC(O)CC1CCCN1C(C)C(=O)NC(C)c1ccc(F)cc1. The number of likely N-dealkylation sites (tertiary alicyclic amines) is 1. The van der Waals surface area contributed by atoms with Crippen molar-refractivity contribution in [1.29, 1.82) is 0 Å². The Hall–Kier alpha value is -1.46. The first-order valence-corrected chi connectivity index (χ1v) is 8.38. The highest BCUT2D eigenvalue weighted by Crippen LogP contribution is 2.24. The molecule has 1 amide bonds. The van der Waals surface area contributed by atoms with Crippen molar-refractivity contribution in [3.05, 3.63) is 35.6 Å². The molecule has 0 radical (unpaired) electrons. The molecule has 1 fully saturated rings. The van der Waals surface area contributed by atoms with E-state index < -0.39 is 0 Å². The number of nitrogens with zero attached hydrogens (tertiary/aromatic N) is 1. The molecule has 0 bridgehead atoms. The summed E-state index contributed by atoms with van der Waals surface area (Å²) in [6.45, 7) is 6.48. The van der Waals surface area contributed by atoms with Crippen LogP contribution >= 0.6 is 0 Å². The van der Waals surface area contributed by atoms with Gasteiger partial charge in [-0.25, -0.2) is 4.39 Å². The molecule has 4 unspecified atom stereocenters. The summed E-state index contributed by atoms with van der Waals surface area (Å²) in [6, 6.07) is 6.05. The first kappa shape index (κ1) is 17.9. The van der Waals surface area contributed by atoms with Crippen LogP contribution in [0.1, 0.15) is 51.6 Å². The van der Waals surface area contributed by atoms with Crippen molar-refractivity contribution < 1.29 is 14.3 Å². The average Bonchev–Trinajstić information content (AvgIpc) is 2.94. The van der Waals surface area contributed by atoms with Gasteiger partial charge in [0.1, 0.15) is 5.82 Å². The molecule has 4 nitrogen and oxygen atoms in total. The maximum Gasteiger partial charge on any atom is 0.237 e. The molecule has 2 N–H and O–H groups in total. The number of carbonyl (C=O) groups is 1. The minimum atomic E-state index is -0.353. The van der Waals surface area contributed by atoms with Gasteiger partial charge < -0.3 is 10.4 Å². The van der Waals surface area contributed by atoms with Crippen LogP contribution < -0.4 is 5.32 Å². The van der Waals surface area contributed by atoms with Gasteiger partial charge in [0.25, 0.3) is 0 Å². The Bertz CT molecular complexity index is 518. The summed E-state index contributed by atoms with van der Waals surface area (Å²) in [5.41, 5.74) is 0.883. The monoisotopic (exact) mass is 322 g/mol. The van der Waals surface area contributed by atoms with Crippen LogP contribution in [0.25, 0.3) is 0 Å². The van der Waals surface area contributed by atoms with Gasteiger partial charge in [-0.3, -0.25) is 9.69 Å².